The molecule has 0 fully saturated rings. The van der Waals surface area contributed by atoms with Crippen LogP contribution in [0.4, 0.5) is 16.3 Å². The number of hydrogen-bond donors (Lipinski definition) is 2. The number of amides is 3. The molecular formula is C20H22N4O4. The molecule has 8 nitrogen and oxygen atoms in total. The van der Waals surface area contributed by atoms with Crippen molar-refractivity contribution in [1.29, 1.82) is 0 Å². The lowest BCUT2D eigenvalue weighted by atomic mass is 10.0. The second-order valence-electron chi connectivity index (χ2n) is 7.26. The van der Waals surface area contributed by atoms with E-state index in [1.54, 1.807) is 63.4 Å². The molecule has 1 aliphatic rings. The monoisotopic (exact) mass is 382 g/mol. The fraction of sp³-hybridized carbons (Fsp3) is 0.300. The molecule has 1 aromatic carbocycles. The van der Waals surface area contributed by atoms with E-state index in [0.29, 0.717) is 11.5 Å². The summed E-state index contributed by atoms with van der Waals surface area (Å²) in [6, 6.07) is 9.94. The summed E-state index contributed by atoms with van der Waals surface area (Å²) >= 11 is 0. The van der Waals surface area contributed by atoms with Gasteiger partial charge in [0.1, 0.15) is 5.60 Å². The van der Waals surface area contributed by atoms with Gasteiger partial charge in [-0.3, -0.25) is 14.5 Å². The van der Waals surface area contributed by atoms with E-state index in [1.165, 1.54) is 4.90 Å². The third kappa shape index (κ3) is 4.28. The van der Waals surface area contributed by atoms with E-state index in [2.05, 4.69) is 15.6 Å². The first-order valence-electron chi connectivity index (χ1n) is 8.90. The number of aromatic nitrogens is 1. The van der Waals surface area contributed by atoms with Gasteiger partial charge in [0.15, 0.2) is 5.82 Å². The van der Waals surface area contributed by atoms with Crippen molar-refractivity contribution >= 4 is 29.4 Å². The first-order chi connectivity index (χ1) is 13.3. The first-order valence-corrected chi connectivity index (χ1v) is 8.90. The van der Waals surface area contributed by atoms with E-state index < -0.39 is 11.7 Å². The second-order valence-corrected chi connectivity index (χ2v) is 7.26. The summed E-state index contributed by atoms with van der Waals surface area (Å²) in [7, 11) is 0. The number of fused-ring (bicyclic) bond motifs is 2. The number of nitrogens with zero attached hydrogens (tertiary/aromatic N) is 2. The van der Waals surface area contributed by atoms with E-state index in [4.69, 9.17) is 4.74 Å². The summed E-state index contributed by atoms with van der Waals surface area (Å²) in [5.41, 5.74) is 0.367. The van der Waals surface area contributed by atoms with E-state index >= 15 is 0 Å². The summed E-state index contributed by atoms with van der Waals surface area (Å²) in [4.78, 5) is 43.3. The normalized spacial score (nSPS) is 13.6. The van der Waals surface area contributed by atoms with Crippen LogP contribution in [-0.2, 0) is 4.74 Å². The zero-order chi connectivity index (χ0) is 20.3. The molecule has 2 heterocycles. The number of nitrogens with one attached hydrogen (secondary N) is 2. The van der Waals surface area contributed by atoms with Crippen molar-refractivity contribution in [2.45, 2.75) is 26.4 Å². The Bertz CT molecular complexity index is 920. The standard InChI is InChI=1S/C20H22N4O4/c1-20(2,3)28-19(27)22-11-12-24-16-15(9-6-10-21-16)23-17(25)13-7-4-5-8-14(13)18(24)26/h4-10H,11-12H2,1-3H3,(H,22,27)(H,23,25). The first kappa shape index (κ1) is 19.3. The van der Waals surface area contributed by atoms with E-state index in [1.807, 2.05) is 0 Å². The Morgan fingerprint density at radius 1 is 1.14 bits per heavy atom. The van der Waals surface area contributed by atoms with Crippen molar-refractivity contribution in [3.8, 4) is 0 Å². The predicted octanol–water partition coefficient (Wildman–Crippen LogP) is 2.82. The number of carbonyl (C=O) groups is 3. The Kier molecular flexibility index (Phi) is 5.30. The highest BCUT2D eigenvalue weighted by atomic mass is 16.6. The zero-order valence-electron chi connectivity index (χ0n) is 16.0. The number of rotatable bonds is 3. The molecule has 0 saturated carbocycles. The van der Waals surface area contributed by atoms with E-state index in [-0.39, 0.29) is 36.0 Å². The molecule has 2 N–H and O–H groups in total. The van der Waals surface area contributed by atoms with Gasteiger partial charge in [0, 0.05) is 19.3 Å². The smallest absolute Gasteiger partial charge is 0.407 e. The lowest BCUT2D eigenvalue weighted by molar-refractivity contribution is 0.0528. The lowest BCUT2D eigenvalue weighted by Crippen LogP contribution is -2.42. The summed E-state index contributed by atoms with van der Waals surface area (Å²) in [5, 5.41) is 5.43. The van der Waals surface area contributed by atoms with Gasteiger partial charge in [-0.15, -0.1) is 0 Å². The minimum atomic E-state index is -0.613. The Morgan fingerprint density at radius 3 is 2.57 bits per heavy atom. The maximum atomic E-state index is 13.2. The number of pyridine rings is 1. The van der Waals surface area contributed by atoms with Crippen LogP contribution in [0.15, 0.2) is 42.6 Å². The van der Waals surface area contributed by atoms with Crippen molar-refractivity contribution in [3.63, 3.8) is 0 Å². The van der Waals surface area contributed by atoms with Crippen molar-refractivity contribution in [1.82, 2.24) is 10.3 Å². The van der Waals surface area contributed by atoms with Gasteiger partial charge in [-0.1, -0.05) is 12.1 Å². The Labute approximate surface area is 162 Å². The van der Waals surface area contributed by atoms with Crippen LogP contribution in [0.5, 0.6) is 0 Å². The number of anilines is 2. The number of hydrogen-bond acceptors (Lipinski definition) is 5. The highest BCUT2D eigenvalue weighted by molar-refractivity contribution is 6.19. The third-order valence-electron chi connectivity index (χ3n) is 3.94. The van der Waals surface area contributed by atoms with Gasteiger partial charge in [0.05, 0.1) is 16.8 Å². The molecule has 0 atom stereocenters. The fourth-order valence-electron chi connectivity index (χ4n) is 2.80. The van der Waals surface area contributed by atoms with Crippen molar-refractivity contribution in [2.75, 3.05) is 23.3 Å². The van der Waals surface area contributed by atoms with Crippen LogP contribution < -0.4 is 15.5 Å². The molecule has 3 amide bonds. The van der Waals surface area contributed by atoms with Gasteiger partial charge in [-0.25, -0.2) is 9.78 Å². The minimum Gasteiger partial charge on any atom is -0.444 e. The maximum Gasteiger partial charge on any atom is 0.407 e. The van der Waals surface area contributed by atoms with Crippen LogP contribution in [-0.4, -0.2) is 41.6 Å². The molecule has 0 unspecified atom stereocenters. The van der Waals surface area contributed by atoms with Gasteiger partial charge in [0.2, 0.25) is 0 Å². The Hall–Kier alpha value is -3.42. The van der Waals surface area contributed by atoms with Crippen molar-refractivity contribution < 1.29 is 19.1 Å². The van der Waals surface area contributed by atoms with Crippen LogP contribution in [0.2, 0.25) is 0 Å². The van der Waals surface area contributed by atoms with Gasteiger partial charge in [-0.2, -0.15) is 0 Å². The summed E-state index contributed by atoms with van der Waals surface area (Å²) in [5.74, 6) is -0.414. The zero-order valence-corrected chi connectivity index (χ0v) is 16.0. The fourth-order valence-corrected chi connectivity index (χ4v) is 2.80. The molecule has 0 spiro atoms. The second kappa shape index (κ2) is 7.67. The third-order valence-corrected chi connectivity index (χ3v) is 3.94. The topological polar surface area (TPSA) is 101 Å². The number of benzene rings is 1. The highest BCUT2D eigenvalue weighted by Gasteiger charge is 2.29. The quantitative estimate of drug-likeness (QED) is 0.850. The molecule has 1 aromatic heterocycles. The largest absolute Gasteiger partial charge is 0.444 e. The molecule has 8 heteroatoms. The highest BCUT2D eigenvalue weighted by Crippen LogP contribution is 2.28. The number of alkyl carbamates (subject to hydrolysis) is 1. The molecular weight excluding hydrogens is 360 g/mol. The van der Waals surface area contributed by atoms with Crippen LogP contribution in [0.25, 0.3) is 0 Å². The van der Waals surface area contributed by atoms with Gasteiger partial charge in [-0.05, 0) is 45.0 Å². The van der Waals surface area contributed by atoms with Gasteiger partial charge in [0.25, 0.3) is 11.8 Å². The van der Waals surface area contributed by atoms with Crippen LogP contribution in [0.3, 0.4) is 0 Å². The summed E-state index contributed by atoms with van der Waals surface area (Å²) in [6.07, 6.45) is 0.974. The van der Waals surface area contributed by atoms with E-state index in [0.717, 1.165) is 0 Å². The molecule has 0 saturated heterocycles. The molecule has 146 valence electrons. The molecule has 2 aromatic rings. The molecule has 3 rings (SSSR count). The van der Waals surface area contributed by atoms with Crippen molar-refractivity contribution in [3.05, 3.63) is 53.7 Å². The molecule has 28 heavy (non-hydrogen) atoms. The Morgan fingerprint density at radius 2 is 1.86 bits per heavy atom. The Balaban J connectivity index is 1.86. The molecule has 0 bridgehead atoms. The SMILES string of the molecule is CC(C)(C)OC(=O)NCCN1C(=O)c2ccccc2C(=O)Nc2cccnc21. The van der Waals surface area contributed by atoms with Gasteiger partial charge < -0.3 is 15.4 Å². The van der Waals surface area contributed by atoms with Crippen LogP contribution in [0.1, 0.15) is 41.5 Å². The predicted molar refractivity (Wildman–Crippen MR) is 105 cm³/mol. The van der Waals surface area contributed by atoms with E-state index in [9.17, 15) is 14.4 Å². The van der Waals surface area contributed by atoms with Gasteiger partial charge >= 0.3 is 6.09 Å². The average molecular weight is 382 g/mol. The number of carbonyl (C=O) groups excluding carboxylic acids is 3. The average Bonchev–Trinajstić information content (AvgIpc) is 2.63. The number of ether oxygens (including phenoxy) is 1. The van der Waals surface area contributed by atoms with Crippen molar-refractivity contribution in [2.24, 2.45) is 0 Å². The summed E-state index contributed by atoms with van der Waals surface area (Å²) in [6.45, 7) is 5.63. The molecule has 0 aliphatic carbocycles. The summed E-state index contributed by atoms with van der Waals surface area (Å²) < 4.78 is 5.21. The van der Waals surface area contributed by atoms with Crippen LogP contribution >= 0.6 is 0 Å². The molecule has 1 aliphatic heterocycles. The minimum absolute atomic E-state index is 0.159. The maximum absolute atomic E-state index is 13.2. The van der Waals surface area contributed by atoms with Crippen LogP contribution in [0, 0.1) is 0 Å². The molecule has 0 radical (unpaired) electrons. The lowest BCUT2D eigenvalue weighted by Gasteiger charge is -2.27.